The molecule has 0 spiro atoms. The number of fused-ring (bicyclic) bond motifs is 6. The Labute approximate surface area is 322 Å². The third-order valence-electron chi connectivity index (χ3n) is 10.5. The Bertz CT molecular complexity index is 3240. The van der Waals surface area contributed by atoms with Crippen LogP contribution in [0.1, 0.15) is 0 Å². The normalized spacial score (nSPS) is 11.6. The standard InChI is InChI=1S/C51H31N3O2/c1-4-13-32(14-5-1)35-19-12-20-37(29-35)50-52-49(34-17-8-3-9-18-34)53-51(54-50)38-23-25-41-43-30-36(24-28-45(43)55-46(41)31-38)40-27-26-39(33-15-6-2-7-16-33)47-42-21-10-11-22-44(42)56-48(40)47/h1-31H. The summed E-state index contributed by atoms with van der Waals surface area (Å²) in [5.74, 6) is 1.80. The van der Waals surface area contributed by atoms with Crippen molar-refractivity contribution in [2.24, 2.45) is 0 Å². The van der Waals surface area contributed by atoms with Crippen molar-refractivity contribution in [2.45, 2.75) is 0 Å². The topological polar surface area (TPSA) is 65.0 Å². The van der Waals surface area contributed by atoms with Gasteiger partial charge in [-0.3, -0.25) is 0 Å². The minimum absolute atomic E-state index is 0.577. The lowest BCUT2D eigenvalue weighted by Gasteiger charge is -2.10. The zero-order chi connectivity index (χ0) is 37.0. The van der Waals surface area contributed by atoms with E-state index in [4.69, 9.17) is 23.8 Å². The molecule has 0 saturated heterocycles. The second-order valence-electron chi connectivity index (χ2n) is 14.0. The molecule has 0 saturated carbocycles. The van der Waals surface area contributed by atoms with Crippen molar-refractivity contribution < 1.29 is 8.83 Å². The lowest BCUT2D eigenvalue weighted by Crippen LogP contribution is -2.00. The number of benzene rings is 8. The van der Waals surface area contributed by atoms with Gasteiger partial charge in [0.2, 0.25) is 0 Å². The summed E-state index contributed by atoms with van der Waals surface area (Å²) in [5.41, 5.74) is 12.6. The van der Waals surface area contributed by atoms with E-state index in [0.717, 1.165) is 93.9 Å². The van der Waals surface area contributed by atoms with Crippen molar-refractivity contribution >= 4 is 43.9 Å². The Morgan fingerprint density at radius 2 is 0.857 bits per heavy atom. The van der Waals surface area contributed by atoms with E-state index in [1.165, 1.54) is 0 Å². The highest BCUT2D eigenvalue weighted by Crippen LogP contribution is 2.43. The Balaban J connectivity index is 1.03. The van der Waals surface area contributed by atoms with Crippen molar-refractivity contribution in [1.82, 2.24) is 15.0 Å². The molecule has 0 aliphatic heterocycles. The molecule has 0 unspecified atom stereocenters. The fourth-order valence-electron chi connectivity index (χ4n) is 7.82. The zero-order valence-corrected chi connectivity index (χ0v) is 30.1. The average molecular weight is 718 g/mol. The van der Waals surface area contributed by atoms with Crippen LogP contribution in [0, 0.1) is 0 Å². The number of rotatable bonds is 6. The van der Waals surface area contributed by atoms with E-state index in [9.17, 15) is 0 Å². The SMILES string of the molecule is c1ccc(-c2cccc(-c3nc(-c4ccccc4)nc(-c4ccc5c(c4)oc4ccc(-c6ccc(-c7ccccc7)c7c6oc6ccccc67)cc45)n3)c2)cc1. The van der Waals surface area contributed by atoms with Gasteiger partial charge in [-0.1, -0.05) is 146 Å². The third kappa shape index (κ3) is 5.45. The van der Waals surface area contributed by atoms with Gasteiger partial charge in [0.05, 0.1) is 0 Å². The molecule has 11 rings (SSSR count). The van der Waals surface area contributed by atoms with E-state index >= 15 is 0 Å². The molecule has 3 heterocycles. The van der Waals surface area contributed by atoms with Crippen molar-refractivity contribution in [2.75, 3.05) is 0 Å². The monoisotopic (exact) mass is 717 g/mol. The highest BCUT2D eigenvalue weighted by atomic mass is 16.3. The van der Waals surface area contributed by atoms with Crippen LogP contribution in [0.5, 0.6) is 0 Å². The molecule has 262 valence electrons. The van der Waals surface area contributed by atoms with Crippen LogP contribution in [0.4, 0.5) is 0 Å². The third-order valence-corrected chi connectivity index (χ3v) is 10.5. The molecule has 0 bridgehead atoms. The van der Waals surface area contributed by atoms with Gasteiger partial charge in [-0.15, -0.1) is 0 Å². The summed E-state index contributed by atoms with van der Waals surface area (Å²) in [5, 5.41) is 4.26. The summed E-state index contributed by atoms with van der Waals surface area (Å²) in [6, 6.07) is 64.5. The number of aromatic nitrogens is 3. The molecule has 56 heavy (non-hydrogen) atoms. The van der Waals surface area contributed by atoms with E-state index < -0.39 is 0 Å². The maximum atomic E-state index is 6.62. The maximum absolute atomic E-state index is 6.62. The zero-order valence-electron chi connectivity index (χ0n) is 30.1. The van der Waals surface area contributed by atoms with E-state index in [0.29, 0.717) is 17.5 Å². The fourth-order valence-corrected chi connectivity index (χ4v) is 7.82. The van der Waals surface area contributed by atoms with Gasteiger partial charge in [0.25, 0.3) is 0 Å². The van der Waals surface area contributed by atoms with E-state index in [1.807, 2.05) is 72.8 Å². The molecule has 0 amide bonds. The van der Waals surface area contributed by atoms with Crippen LogP contribution in [-0.2, 0) is 0 Å². The molecular formula is C51H31N3O2. The average Bonchev–Trinajstić information content (AvgIpc) is 3.85. The largest absolute Gasteiger partial charge is 0.456 e. The maximum Gasteiger partial charge on any atom is 0.164 e. The quantitative estimate of drug-likeness (QED) is 0.171. The Morgan fingerprint density at radius 3 is 1.62 bits per heavy atom. The Hall–Kier alpha value is -7.63. The van der Waals surface area contributed by atoms with Gasteiger partial charge >= 0.3 is 0 Å². The van der Waals surface area contributed by atoms with Gasteiger partial charge in [-0.2, -0.15) is 0 Å². The van der Waals surface area contributed by atoms with Gasteiger partial charge in [-0.25, -0.2) is 15.0 Å². The summed E-state index contributed by atoms with van der Waals surface area (Å²) < 4.78 is 13.1. The van der Waals surface area contributed by atoms with E-state index in [-0.39, 0.29) is 0 Å². The van der Waals surface area contributed by atoms with Crippen LogP contribution in [0.2, 0.25) is 0 Å². The molecule has 0 N–H and O–H groups in total. The first kappa shape index (κ1) is 31.9. The second kappa shape index (κ2) is 13.0. The summed E-state index contributed by atoms with van der Waals surface area (Å²) in [7, 11) is 0. The fraction of sp³-hybridized carbons (Fsp3) is 0. The van der Waals surface area contributed by atoms with Gasteiger partial charge in [0.15, 0.2) is 17.5 Å². The summed E-state index contributed by atoms with van der Waals surface area (Å²) >= 11 is 0. The van der Waals surface area contributed by atoms with Crippen LogP contribution < -0.4 is 0 Å². The predicted molar refractivity (Wildman–Crippen MR) is 227 cm³/mol. The van der Waals surface area contributed by atoms with Crippen LogP contribution >= 0.6 is 0 Å². The number of furan rings is 2. The molecule has 0 radical (unpaired) electrons. The molecule has 0 aliphatic carbocycles. The van der Waals surface area contributed by atoms with Crippen molar-refractivity contribution in [3.8, 4) is 67.5 Å². The summed E-state index contributed by atoms with van der Waals surface area (Å²) in [6.45, 7) is 0. The minimum atomic E-state index is 0.577. The molecule has 11 aromatic rings. The first-order valence-electron chi connectivity index (χ1n) is 18.7. The summed E-state index contributed by atoms with van der Waals surface area (Å²) in [4.78, 5) is 15.0. The van der Waals surface area contributed by atoms with Crippen LogP contribution in [-0.4, -0.2) is 15.0 Å². The summed E-state index contributed by atoms with van der Waals surface area (Å²) in [6.07, 6.45) is 0. The first-order chi connectivity index (χ1) is 27.7. The van der Waals surface area contributed by atoms with Gasteiger partial charge < -0.3 is 8.83 Å². The Kier molecular flexibility index (Phi) is 7.42. The van der Waals surface area contributed by atoms with E-state index in [2.05, 4.69) is 115 Å². The lowest BCUT2D eigenvalue weighted by molar-refractivity contribution is 0.668. The number of para-hydroxylation sites is 1. The number of hydrogen-bond acceptors (Lipinski definition) is 5. The van der Waals surface area contributed by atoms with Crippen LogP contribution in [0.15, 0.2) is 197 Å². The molecule has 5 heteroatoms. The van der Waals surface area contributed by atoms with Gasteiger partial charge in [0, 0.05) is 43.8 Å². The predicted octanol–water partition coefficient (Wildman–Crippen LogP) is 13.7. The van der Waals surface area contributed by atoms with Crippen molar-refractivity contribution in [3.63, 3.8) is 0 Å². The van der Waals surface area contributed by atoms with Gasteiger partial charge in [-0.05, 0) is 70.3 Å². The smallest absolute Gasteiger partial charge is 0.164 e. The number of nitrogens with zero attached hydrogens (tertiary/aromatic N) is 3. The molecule has 5 nitrogen and oxygen atoms in total. The van der Waals surface area contributed by atoms with E-state index in [1.54, 1.807) is 0 Å². The first-order valence-corrected chi connectivity index (χ1v) is 18.7. The molecule has 0 aliphatic rings. The molecule has 3 aromatic heterocycles. The Morgan fingerprint density at radius 1 is 0.286 bits per heavy atom. The molecule has 0 fully saturated rings. The van der Waals surface area contributed by atoms with Crippen LogP contribution in [0.3, 0.4) is 0 Å². The van der Waals surface area contributed by atoms with Crippen molar-refractivity contribution in [3.05, 3.63) is 188 Å². The molecule has 8 aromatic carbocycles. The van der Waals surface area contributed by atoms with Gasteiger partial charge in [0.1, 0.15) is 22.3 Å². The van der Waals surface area contributed by atoms with Crippen LogP contribution in [0.25, 0.3) is 111 Å². The van der Waals surface area contributed by atoms with Crippen molar-refractivity contribution in [1.29, 1.82) is 0 Å². The lowest BCUT2D eigenvalue weighted by atomic mass is 9.94. The highest BCUT2D eigenvalue weighted by molar-refractivity contribution is 6.17. The minimum Gasteiger partial charge on any atom is -0.456 e. The number of hydrogen-bond donors (Lipinski definition) is 0. The molecular weight excluding hydrogens is 687 g/mol. The highest BCUT2D eigenvalue weighted by Gasteiger charge is 2.19. The molecule has 0 atom stereocenters. The second-order valence-corrected chi connectivity index (χ2v) is 14.0.